The standard InChI is InChI=1S/C18H20N2O5S2/c1-13-11-16(20-18(21)14(2)12-26(20,22)23)9-10-17(13)27(24,25)19(3)15-7-5-4-6-8-15/h4-11,14H,12H2,1-3H3. The van der Waals surface area contributed by atoms with E-state index in [2.05, 4.69) is 0 Å². The average molecular weight is 409 g/mol. The van der Waals surface area contributed by atoms with Gasteiger partial charge in [-0.2, -0.15) is 0 Å². The maximum Gasteiger partial charge on any atom is 0.264 e. The summed E-state index contributed by atoms with van der Waals surface area (Å²) in [7, 11) is -6.12. The van der Waals surface area contributed by atoms with Crippen LogP contribution in [0.25, 0.3) is 0 Å². The minimum absolute atomic E-state index is 0.0506. The molecule has 0 radical (unpaired) electrons. The van der Waals surface area contributed by atoms with E-state index in [1.54, 1.807) is 44.2 Å². The summed E-state index contributed by atoms with van der Waals surface area (Å²) in [5.41, 5.74) is 1.02. The molecule has 0 N–H and O–H groups in total. The summed E-state index contributed by atoms with van der Waals surface area (Å²) in [5.74, 6) is -1.38. The number of para-hydroxylation sites is 1. The Hall–Kier alpha value is -2.39. The smallest absolute Gasteiger partial charge is 0.264 e. The second kappa shape index (κ2) is 6.65. The molecule has 0 bridgehead atoms. The Balaban J connectivity index is 2.02. The fourth-order valence-corrected chi connectivity index (χ4v) is 6.27. The fraction of sp³-hybridized carbons (Fsp3) is 0.278. The lowest BCUT2D eigenvalue weighted by Gasteiger charge is -2.22. The predicted octanol–water partition coefficient (Wildman–Crippen LogP) is 2.13. The molecule has 3 rings (SSSR count). The highest BCUT2D eigenvalue weighted by Crippen LogP contribution is 2.32. The highest BCUT2D eigenvalue weighted by Gasteiger charge is 2.42. The molecule has 1 aliphatic heterocycles. The SMILES string of the molecule is Cc1cc(N2C(=O)C(C)CS2(=O)=O)ccc1S(=O)(=O)N(C)c1ccccc1. The normalized spacial score (nSPS) is 19.3. The van der Waals surface area contributed by atoms with Crippen molar-refractivity contribution in [2.75, 3.05) is 21.4 Å². The molecule has 1 amide bonds. The van der Waals surface area contributed by atoms with Gasteiger partial charge in [0.25, 0.3) is 10.0 Å². The van der Waals surface area contributed by atoms with E-state index in [0.717, 1.165) is 8.61 Å². The van der Waals surface area contributed by atoms with Crippen molar-refractivity contribution in [3.63, 3.8) is 0 Å². The summed E-state index contributed by atoms with van der Waals surface area (Å²) in [6.07, 6.45) is 0. The van der Waals surface area contributed by atoms with Gasteiger partial charge in [-0.1, -0.05) is 25.1 Å². The van der Waals surface area contributed by atoms with Crippen LogP contribution in [0.3, 0.4) is 0 Å². The molecular formula is C18H20N2O5S2. The number of hydrogen-bond donors (Lipinski definition) is 0. The van der Waals surface area contributed by atoms with E-state index in [1.165, 1.54) is 25.2 Å². The summed E-state index contributed by atoms with van der Waals surface area (Å²) in [5, 5.41) is 0. The maximum absolute atomic E-state index is 13.0. The molecular weight excluding hydrogens is 388 g/mol. The van der Waals surface area contributed by atoms with Gasteiger partial charge in [0.1, 0.15) is 0 Å². The molecule has 2 aromatic rings. The Morgan fingerprint density at radius 2 is 1.74 bits per heavy atom. The van der Waals surface area contributed by atoms with Crippen molar-refractivity contribution in [3.8, 4) is 0 Å². The molecule has 7 nitrogen and oxygen atoms in total. The predicted molar refractivity (Wildman–Crippen MR) is 104 cm³/mol. The van der Waals surface area contributed by atoms with Crippen LogP contribution in [0.1, 0.15) is 12.5 Å². The van der Waals surface area contributed by atoms with Gasteiger partial charge < -0.3 is 0 Å². The lowest BCUT2D eigenvalue weighted by molar-refractivity contribution is -0.119. The second-order valence-electron chi connectivity index (χ2n) is 6.54. The molecule has 1 saturated heterocycles. The van der Waals surface area contributed by atoms with Crippen LogP contribution in [0.4, 0.5) is 11.4 Å². The third-order valence-corrected chi connectivity index (χ3v) is 8.33. The Morgan fingerprint density at radius 3 is 2.26 bits per heavy atom. The number of sulfonamides is 2. The first-order valence-corrected chi connectivity index (χ1v) is 11.3. The van der Waals surface area contributed by atoms with Gasteiger partial charge in [-0.3, -0.25) is 9.10 Å². The Labute approximate surface area is 159 Å². The van der Waals surface area contributed by atoms with Gasteiger partial charge in [0.2, 0.25) is 15.9 Å². The summed E-state index contributed by atoms with van der Waals surface area (Å²) in [6, 6.07) is 12.7. The second-order valence-corrected chi connectivity index (χ2v) is 10.3. The number of amides is 1. The first kappa shape index (κ1) is 19.4. The average Bonchev–Trinajstić information content (AvgIpc) is 2.81. The van der Waals surface area contributed by atoms with Gasteiger partial charge in [0.05, 0.1) is 27.9 Å². The van der Waals surface area contributed by atoms with E-state index < -0.39 is 31.9 Å². The van der Waals surface area contributed by atoms with Gasteiger partial charge >= 0.3 is 0 Å². The van der Waals surface area contributed by atoms with Crippen LogP contribution in [0.2, 0.25) is 0 Å². The molecule has 9 heteroatoms. The van der Waals surface area contributed by atoms with Crippen molar-refractivity contribution >= 4 is 37.3 Å². The molecule has 1 atom stereocenters. The van der Waals surface area contributed by atoms with E-state index >= 15 is 0 Å². The quantitative estimate of drug-likeness (QED) is 0.773. The van der Waals surface area contributed by atoms with E-state index in [4.69, 9.17) is 0 Å². The number of carbonyl (C=O) groups is 1. The zero-order chi connectivity index (χ0) is 20.0. The molecule has 27 heavy (non-hydrogen) atoms. The van der Waals surface area contributed by atoms with Crippen LogP contribution >= 0.6 is 0 Å². The molecule has 144 valence electrons. The van der Waals surface area contributed by atoms with Gasteiger partial charge in [0.15, 0.2) is 0 Å². The number of hydrogen-bond acceptors (Lipinski definition) is 5. The minimum atomic E-state index is -3.84. The molecule has 1 aliphatic rings. The molecule has 2 aromatic carbocycles. The molecule has 0 aliphatic carbocycles. The maximum atomic E-state index is 13.0. The zero-order valence-electron chi connectivity index (χ0n) is 15.2. The number of aryl methyl sites for hydroxylation is 1. The van der Waals surface area contributed by atoms with Gasteiger partial charge in [0, 0.05) is 7.05 Å². The largest absolute Gasteiger partial charge is 0.273 e. The van der Waals surface area contributed by atoms with Gasteiger partial charge in [-0.15, -0.1) is 0 Å². The number of carbonyl (C=O) groups excluding carboxylic acids is 1. The highest BCUT2D eigenvalue weighted by molar-refractivity contribution is 7.94. The van der Waals surface area contributed by atoms with Crippen molar-refractivity contribution in [2.24, 2.45) is 5.92 Å². The first-order chi connectivity index (χ1) is 12.6. The van der Waals surface area contributed by atoms with Gasteiger partial charge in [-0.05, 0) is 42.8 Å². The fourth-order valence-electron chi connectivity index (χ4n) is 3.06. The molecule has 1 heterocycles. The van der Waals surface area contributed by atoms with Crippen LogP contribution in [-0.2, 0) is 24.8 Å². The number of nitrogens with zero attached hydrogens (tertiary/aromatic N) is 2. The van der Waals surface area contributed by atoms with Crippen LogP contribution in [0, 0.1) is 12.8 Å². The molecule has 1 fully saturated rings. The Kier molecular flexibility index (Phi) is 4.77. The number of anilines is 2. The molecule has 1 unspecified atom stereocenters. The van der Waals surface area contributed by atoms with Crippen molar-refractivity contribution in [2.45, 2.75) is 18.7 Å². The molecule has 0 aromatic heterocycles. The van der Waals surface area contributed by atoms with Crippen molar-refractivity contribution in [1.29, 1.82) is 0 Å². The van der Waals surface area contributed by atoms with Crippen LogP contribution < -0.4 is 8.61 Å². The van der Waals surface area contributed by atoms with E-state index in [0.29, 0.717) is 11.3 Å². The van der Waals surface area contributed by atoms with Crippen molar-refractivity contribution in [3.05, 3.63) is 54.1 Å². The van der Waals surface area contributed by atoms with E-state index in [1.807, 2.05) is 0 Å². The lowest BCUT2D eigenvalue weighted by Crippen LogP contribution is -2.31. The summed E-state index contributed by atoms with van der Waals surface area (Å²) < 4.78 is 52.3. The summed E-state index contributed by atoms with van der Waals surface area (Å²) in [4.78, 5) is 12.3. The molecule has 0 saturated carbocycles. The van der Waals surface area contributed by atoms with E-state index in [9.17, 15) is 21.6 Å². The first-order valence-electron chi connectivity index (χ1n) is 8.27. The summed E-state index contributed by atoms with van der Waals surface area (Å²) in [6.45, 7) is 3.13. The third kappa shape index (κ3) is 3.32. The lowest BCUT2D eigenvalue weighted by atomic mass is 10.2. The van der Waals surface area contributed by atoms with Gasteiger partial charge in [-0.25, -0.2) is 21.1 Å². The topological polar surface area (TPSA) is 91.8 Å². The van der Waals surface area contributed by atoms with Crippen LogP contribution in [0.5, 0.6) is 0 Å². The number of benzene rings is 2. The van der Waals surface area contributed by atoms with E-state index in [-0.39, 0.29) is 16.3 Å². The zero-order valence-corrected chi connectivity index (χ0v) is 16.8. The number of rotatable bonds is 4. The Bertz CT molecular complexity index is 1100. The molecule has 0 spiro atoms. The minimum Gasteiger partial charge on any atom is -0.273 e. The van der Waals surface area contributed by atoms with Crippen LogP contribution in [0.15, 0.2) is 53.4 Å². The highest BCUT2D eigenvalue weighted by atomic mass is 32.2. The summed E-state index contributed by atoms with van der Waals surface area (Å²) >= 11 is 0. The monoisotopic (exact) mass is 408 g/mol. The third-order valence-electron chi connectivity index (χ3n) is 4.51. The van der Waals surface area contributed by atoms with Crippen LogP contribution in [-0.4, -0.2) is 35.5 Å². The van der Waals surface area contributed by atoms with Crippen molar-refractivity contribution < 1.29 is 21.6 Å². The Morgan fingerprint density at radius 1 is 1.11 bits per heavy atom. The van der Waals surface area contributed by atoms with Crippen molar-refractivity contribution in [1.82, 2.24) is 0 Å².